The second-order valence-corrected chi connectivity index (χ2v) is 8.29. The van der Waals surface area contributed by atoms with Crippen molar-refractivity contribution in [3.8, 4) is 0 Å². The molecule has 4 N–H and O–H groups in total. The van der Waals surface area contributed by atoms with Gasteiger partial charge in [-0.1, -0.05) is 31.4 Å². The van der Waals surface area contributed by atoms with Gasteiger partial charge in [-0.3, -0.25) is 9.59 Å². The van der Waals surface area contributed by atoms with Crippen LogP contribution in [0.4, 0.5) is 5.69 Å². The zero-order chi connectivity index (χ0) is 19.2. The normalized spacial score (nSPS) is 24.8. The van der Waals surface area contributed by atoms with Gasteiger partial charge in [-0.2, -0.15) is 0 Å². The molecule has 2 aliphatic rings. The van der Waals surface area contributed by atoms with Crippen molar-refractivity contribution >= 4 is 17.5 Å². The minimum atomic E-state index is -0.205. The van der Waals surface area contributed by atoms with Gasteiger partial charge in [0.15, 0.2) is 0 Å². The minimum absolute atomic E-state index is 0.0643. The summed E-state index contributed by atoms with van der Waals surface area (Å²) in [5.74, 6) is 0.133. The fourth-order valence-corrected chi connectivity index (χ4v) is 4.21. The van der Waals surface area contributed by atoms with Crippen molar-refractivity contribution in [2.24, 2.45) is 11.7 Å². The highest BCUT2D eigenvalue weighted by Crippen LogP contribution is 2.26. The largest absolute Gasteiger partial charge is 0.353 e. The molecule has 1 aromatic rings. The molecule has 1 aromatic carbocycles. The average molecular weight is 372 g/mol. The zero-order valence-corrected chi connectivity index (χ0v) is 16.4. The number of nitrogens with one attached hydrogen (secondary N) is 2. The maximum absolute atomic E-state index is 12.6. The minimum Gasteiger partial charge on any atom is -0.353 e. The molecule has 0 radical (unpaired) electrons. The van der Waals surface area contributed by atoms with Gasteiger partial charge in [-0.05, 0) is 63.1 Å². The summed E-state index contributed by atoms with van der Waals surface area (Å²) in [5.41, 5.74) is 7.71. The SMILES string of the molecule is CC(C(=O)NC1CCC(N)CC1)c1ccc(NC(=O)C2CCCCC2)cc1. The Hall–Kier alpha value is -1.88. The van der Waals surface area contributed by atoms with Gasteiger partial charge in [0.05, 0.1) is 5.92 Å². The fraction of sp³-hybridized carbons (Fsp3) is 0.636. The van der Waals surface area contributed by atoms with Gasteiger partial charge < -0.3 is 16.4 Å². The van der Waals surface area contributed by atoms with Crippen LogP contribution in [0.2, 0.25) is 0 Å². The Bertz CT molecular complexity index is 629. The van der Waals surface area contributed by atoms with Crippen LogP contribution >= 0.6 is 0 Å². The lowest BCUT2D eigenvalue weighted by Crippen LogP contribution is -2.42. The molecule has 0 saturated heterocycles. The summed E-state index contributed by atoms with van der Waals surface area (Å²) in [6.45, 7) is 1.93. The quantitative estimate of drug-likeness (QED) is 0.738. The first-order chi connectivity index (χ1) is 13.0. The second kappa shape index (κ2) is 9.36. The number of hydrogen-bond donors (Lipinski definition) is 3. The van der Waals surface area contributed by atoms with E-state index in [1.807, 2.05) is 31.2 Å². The van der Waals surface area contributed by atoms with E-state index in [0.717, 1.165) is 62.6 Å². The maximum atomic E-state index is 12.6. The van der Waals surface area contributed by atoms with Gasteiger partial charge in [-0.25, -0.2) is 0 Å². The van der Waals surface area contributed by atoms with Crippen LogP contribution in [0, 0.1) is 5.92 Å². The number of carbonyl (C=O) groups excluding carboxylic acids is 2. The molecule has 3 rings (SSSR count). The Balaban J connectivity index is 1.51. The van der Waals surface area contributed by atoms with Crippen molar-refractivity contribution in [3.05, 3.63) is 29.8 Å². The number of amides is 2. The number of rotatable bonds is 5. The van der Waals surface area contributed by atoms with Crippen LogP contribution in [0.1, 0.15) is 76.2 Å². The molecule has 2 saturated carbocycles. The molecule has 2 fully saturated rings. The van der Waals surface area contributed by atoms with Gasteiger partial charge >= 0.3 is 0 Å². The zero-order valence-electron chi connectivity index (χ0n) is 16.4. The van der Waals surface area contributed by atoms with Crippen molar-refractivity contribution in [1.82, 2.24) is 5.32 Å². The van der Waals surface area contributed by atoms with Crippen LogP contribution in [0.5, 0.6) is 0 Å². The molecule has 0 bridgehead atoms. The second-order valence-electron chi connectivity index (χ2n) is 8.29. The van der Waals surface area contributed by atoms with Crippen LogP contribution < -0.4 is 16.4 Å². The summed E-state index contributed by atoms with van der Waals surface area (Å²) in [7, 11) is 0. The Labute approximate surface area is 162 Å². The first-order valence-corrected chi connectivity index (χ1v) is 10.5. The van der Waals surface area contributed by atoms with Crippen LogP contribution in [0.3, 0.4) is 0 Å². The molecule has 27 heavy (non-hydrogen) atoms. The summed E-state index contributed by atoms with van der Waals surface area (Å²) in [6.07, 6.45) is 9.42. The highest BCUT2D eigenvalue weighted by molar-refractivity contribution is 5.92. The predicted octanol–water partition coefficient (Wildman–Crippen LogP) is 3.70. The third kappa shape index (κ3) is 5.55. The summed E-state index contributed by atoms with van der Waals surface area (Å²) in [5, 5.41) is 6.19. The lowest BCUT2D eigenvalue weighted by molar-refractivity contribution is -0.123. The molecule has 2 aliphatic carbocycles. The van der Waals surface area contributed by atoms with E-state index in [1.54, 1.807) is 0 Å². The molecule has 1 unspecified atom stereocenters. The predicted molar refractivity (Wildman–Crippen MR) is 108 cm³/mol. The molecule has 0 aromatic heterocycles. The van der Waals surface area contributed by atoms with E-state index in [0.29, 0.717) is 0 Å². The van der Waals surface area contributed by atoms with Crippen LogP contribution in [0.15, 0.2) is 24.3 Å². The number of hydrogen-bond acceptors (Lipinski definition) is 3. The Morgan fingerprint density at radius 3 is 2.22 bits per heavy atom. The monoisotopic (exact) mass is 371 g/mol. The van der Waals surface area contributed by atoms with Crippen molar-refractivity contribution in [2.45, 2.75) is 82.7 Å². The first kappa shape index (κ1) is 19.9. The van der Waals surface area contributed by atoms with Gasteiger partial charge in [0.2, 0.25) is 11.8 Å². The molecule has 0 aliphatic heterocycles. The van der Waals surface area contributed by atoms with E-state index in [-0.39, 0.29) is 35.7 Å². The highest BCUT2D eigenvalue weighted by Gasteiger charge is 2.24. The molecule has 0 spiro atoms. The molecule has 5 nitrogen and oxygen atoms in total. The van der Waals surface area contributed by atoms with Crippen molar-refractivity contribution < 1.29 is 9.59 Å². The smallest absolute Gasteiger partial charge is 0.227 e. The van der Waals surface area contributed by atoms with E-state index < -0.39 is 0 Å². The molecular formula is C22H33N3O2. The third-order valence-electron chi connectivity index (χ3n) is 6.17. The number of anilines is 1. The van der Waals surface area contributed by atoms with Crippen LogP contribution in [-0.4, -0.2) is 23.9 Å². The molecular weight excluding hydrogens is 338 g/mol. The number of carbonyl (C=O) groups is 2. The summed E-state index contributed by atoms with van der Waals surface area (Å²) >= 11 is 0. The van der Waals surface area contributed by atoms with Crippen molar-refractivity contribution in [3.63, 3.8) is 0 Å². The topological polar surface area (TPSA) is 84.2 Å². The van der Waals surface area contributed by atoms with E-state index in [9.17, 15) is 9.59 Å². The molecule has 5 heteroatoms. The Morgan fingerprint density at radius 1 is 0.963 bits per heavy atom. The maximum Gasteiger partial charge on any atom is 0.227 e. The number of nitrogens with two attached hydrogens (primary N) is 1. The van der Waals surface area contributed by atoms with E-state index in [2.05, 4.69) is 10.6 Å². The lowest BCUT2D eigenvalue weighted by atomic mass is 9.88. The Morgan fingerprint density at radius 2 is 1.59 bits per heavy atom. The van der Waals surface area contributed by atoms with Crippen LogP contribution in [-0.2, 0) is 9.59 Å². The van der Waals surface area contributed by atoms with Gasteiger partial charge in [0, 0.05) is 23.7 Å². The lowest BCUT2D eigenvalue weighted by Gasteiger charge is -2.28. The molecule has 0 heterocycles. The van der Waals surface area contributed by atoms with Crippen molar-refractivity contribution in [2.75, 3.05) is 5.32 Å². The molecule has 1 atom stereocenters. The van der Waals surface area contributed by atoms with Crippen LogP contribution in [0.25, 0.3) is 0 Å². The van der Waals surface area contributed by atoms with E-state index in [4.69, 9.17) is 5.73 Å². The fourth-order valence-electron chi connectivity index (χ4n) is 4.21. The number of benzene rings is 1. The van der Waals surface area contributed by atoms with Gasteiger partial charge in [-0.15, -0.1) is 0 Å². The third-order valence-corrected chi connectivity index (χ3v) is 6.17. The van der Waals surface area contributed by atoms with E-state index >= 15 is 0 Å². The van der Waals surface area contributed by atoms with Crippen molar-refractivity contribution in [1.29, 1.82) is 0 Å². The van der Waals surface area contributed by atoms with Gasteiger partial charge in [0.25, 0.3) is 0 Å². The molecule has 2 amide bonds. The van der Waals surface area contributed by atoms with Gasteiger partial charge in [0.1, 0.15) is 0 Å². The average Bonchev–Trinajstić information content (AvgIpc) is 2.70. The highest BCUT2D eigenvalue weighted by atomic mass is 16.2. The summed E-state index contributed by atoms with van der Waals surface area (Å²) < 4.78 is 0. The molecule has 148 valence electrons. The summed E-state index contributed by atoms with van der Waals surface area (Å²) in [4.78, 5) is 24.9. The standard InChI is InChI=1S/C22H33N3O2/c1-15(21(26)24-20-13-9-18(23)10-14-20)16-7-11-19(12-8-16)25-22(27)17-5-3-2-4-6-17/h7-8,11-12,15,17-18,20H,2-6,9-10,13-14,23H2,1H3,(H,24,26)(H,25,27). The summed E-state index contributed by atoms with van der Waals surface area (Å²) in [6, 6.07) is 8.22. The Kier molecular flexibility index (Phi) is 6.89. The van der Waals surface area contributed by atoms with E-state index in [1.165, 1.54) is 6.42 Å². The first-order valence-electron chi connectivity index (χ1n) is 10.5.